The fourth-order valence-corrected chi connectivity index (χ4v) is 4.02. The van der Waals surface area contributed by atoms with Gasteiger partial charge in [-0.05, 0) is 24.5 Å². The van der Waals surface area contributed by atoms with Gasteiger partial charge in [0.1, 0.15) is 0 Å². The quantitative estimate of drug-likeness (QED) is 0.899. The Morgan fingerprint density at radius 1 is 1.39 bits per heavy atom. The standard InChI is InChI=1S/C13H20N2O2S/c1-18(16,17)13-7-3-2-6-12(13)15-10-11-5-4-8-14-9-11/h4-5,8-9,12-13,15H,2-3,6-7,10H2,1H3/t12-,13+/m1/s1. The molecule has 1 aromatic rings. The molecule has 0 radical (unpaired) electrons. The normalized spacial score (nSPS) is 24.9. The zero-order valence-electron chi connectivity index (χ0n) is 10.7. The van der Waals surface area contributed by atoms with E-state index >= 15 is 0 Å². The van der Waals surface area contributed by atoms with Crippen molar-refractivity contribution in [2.24, 2.45) is 0 Å². The lowest BCUT2D eigenvalue weighted by Crippen LogP contribution is -2.45. The van der Waals surface area contributed by atoms with E-state index in [1.165, 1.54) is 6.26 Å². The Morgan fingerprint density at radius 3 is 2.83 bits per heavy atom. The largest absolute Gasteiger partial charge is 0.309 e. The van der Waals surface area contributed by atoms with Crippen LogP contribution in [-0.4, -0.2) is 30.9 Å². The molecule has 100 valence electrons. The van der Waals surface area contributed by atoms with Crippen molar-refractivity contribution < 1.29 is 8.42 Å². The summed E-state index contributed by atoms with van der Waals surface area (Å²) in [5.41, 5.74) is 1.09. The smallest absolute Gasteiger partial charge is 0.151 e. The molecule has 1 saturated carbocycles. The van der Waals surface area contributed by atoms with E-state index in [0.29, 0.717) is 6.54 Å². The van der Waals surface area contributed by atoms with E-state index in [1.54, 1.807) is 6.20 Å². The SMILES string of the molecule is CS(=O)(=O)[C@H]1CCCC[C@H]1NCc1cccnc1. The molecule has 0 saturated heterocycles. The Bertz CT molecular complexity index is 473. The van der Waals surface area contributed by atoms with Gasteiger partial charge in [-0.15, -0.1) is 0 Å². The molecule has 0 aliphatic heterocycles. The zero-order valence-corrected chi connectivity index (χ0v) is 11.5. The highest BCUT2D eigenvalue weighted by molar-refractivity contribution is 7.91. The van der Waals surface area contributed by atoms with Crippen molar-refractivity contribution in [2.75, 3.05) is 6.26 Å². The summed E-state index contributed by atoms with van der Waals surface area (Å²) in [6, 6.07) is 3.97. The highest BCUT2D eigenvalue weighted by Gasteiger charge is 2.32. The summed E-state index contributed by atoms with van der Waals surface area (Å²) in [7, 11) is -2.96. The van der Waals surface area contributed by atoms with Crippen LogP contribution in [0.25, 0.3) is 0 Å². The Kier molecular flexibility index (Phi) is 4.35. The average molecular weight is 268 g/mol. The molecule has 1 heterocycles. The number of sulfone groups is 1. The van der Waals surface area contributed by atoms with Gasteiger partial charge in [-0.1, -0.05) is 18.9 Å². The molecular weight excluding hydrogens is 248 g/mol. The third-order valence-electron chi connectivity index (χ3n) is 3.54. The van der Waals surface area contributed by atoms with Gasteiger partial charge < -0.3 is 5.32 Å². The van der Waals surface area contributed by atoms with Gasteiger partial charge >= 0.3 is 0 Å². The van der Waals surface area contributed by atoms with Gasteiger partial charge in [0.2, 0.25) is 0 Å². The van der Waals surface area contributed by atoms with E-state index in [1.807, 2.05) is 18.3 Å². The lowest BCUT2D eigenvalue weighted by molar-refractivity contribution is 0.370. The van der Waals surface area contributed by atoms with E-state index in [4.69, 9.17) is 0 Å². The maximum Gasteiger partial charge on any atom is 0.151 e. The molecule has 0 bridgehead atoms. The van der Waals surface area contributed by atoms with Crippen LogP contribution < -0.4 is 5.32 Å². The molecule has 5 heteroatoms. The summed E-state index contributed by atoms with van der Waals surface area (Å²) in [6.45, 7) is 0.685. The van der Waals surface area contributed by atoms with Gasteiger partial charge in [-0.3, -0.25) is 4.98 Å². The van der Waals surface area contributed by atoms with Gasteiger partial charge in [0.05, 0.1) is 5.25 Å². The Labute approximate surface area is 109 Å². The van der Waals surface area contributed by atoms with E-state index < -0.39 is 9.84 Å². The molecule has 1 fully saturated rings. The van der Waals surface area contributed by atoms with Crippen LogP contribution in [0.4, 0.5) is 0 Å². The summed E-state index contributed by atoms with van der Waals surface area (Å²) in [5, 5.41) is 3.14. The topological polar surface area (TPSA) is 59.1 Å². The van der Waals surface area contributed by atoms with E-state index in [2.05, 4.69) is 10.3 Å². The zero-order chi connectivity index (χ0) is 13.0. The first kappa shape index (κ1) is 13.5. The molecule has 0 aromatic carbocycles. The molecule has 0 unspecified atom stereocenters. The van der Waals surface area contributed by atoms with Crippen molar-refractivity contribution in [3.05, 3.63) is 30.1 Å². The molecule has 4 nitrogen and oxygen atoms in total. The lowest BCUT2D eigenvalue weighted by Gasteiger charge is -2.31. The van der Waals surface area contributed by atoms with Crippen LogP contribution in [0, 0.1) is 0 Å². The van der Waals surface area contributed by atoms with Gasteiger partial charge in [0.25, 0.3) is 0 Å². The van der Waals surface area contributed by atoms with Crippen molar-refractivity contribution in [1.29, 1.82) is 0 Å². The Balaban J connectivity index is 1.98. The number of rotatable bonds is 4. The lowest BCUT2D eigenvalue weighted by atomic mass is 9.94. The van der Waals surface area contributed by atoms with E-state index in [-0.39, 0.29) is 11.3 Å². The number of nitrogens with one attached hydrogen (secondary N) is 1. The summed E-state index contributed by atoms with van der Waals surface area (Å²) in [4.78, 5) is 4.06. The molecule has 1 aliphatic carbocycles. The van der Waals surface area contributed by atoms with Crippen molar-refractivity contribution >= 4 is 9.84 Å². The van der Waals surface area contributed by atoms with Crippen LogP contribution in [0.1, 0.15) is 31.2 Å². The number of aromatic nitrogens is 1. The highest BCUT2D eigenvalue weighted by Crippen LogP contribution is 2.24. The number of nitrogens with zero attached hydrogens (tertiary/aromatic N) is 1. The van der Waals surface area contributed by atoms with Crippen molar-refractivity contribution in [3.8, 4) is 0 Å². The molecule has 0 amide bonds. The first-order valence-corrected chi connectivity index (χ1v) is 8.34. The van der Waals surface area contributed by atoms with E-state index in [9.17, 15) is 8.42 Å². The second-order valence-electron chi connectivity index (χ2n) is 5.00. The molecular formula is C13H20N2O2S. The molecule has 2 rings (SSSR count). The summed E-state index contributed by atoms with van der Waals surface area (Å²) in [5.74, 6) is 0. The first-order chi connectivity index (χ1) is 8.57. The van der Waals surface area contributed by atoms with Crippen LogP contribution in [0.15, 0.2) is 24.5 Å². The number of pyridine rings is 1. The molecule has 1 aliphatic rings. The van der Waals surface area contributed by atoms with Crippen LogP contribution in [-0.2, 0) is 16.4 Å². The van der Waals surface area contributed by atoms with Gasteiger partial charge in [0.15, 0.2) is 9.84 Å². The molecule has 0 spiro atoms. The fraction of sp³-hybridized carbons (Fsp3) is 0.615. The summed E-state index contributed by atoms with van der Waals surface area (Å²) < 4.78 is 23.5. The average Bonchev–Trinajstić information content (AvgIpc) is 2.37. The molecule has 2 atom stereocenters. The van der Waals surface area contributed by atoms with Crippen LogP contribution in [0.3, 0.4) is 0 Å². The predicted molar refractivity (Wildman–Crippen MR) is 72.0 cm³/mol. The molecule has 1 N–H and O–H groups in total. The number of hydrogen-bond donors (Lipinski definition) is 1. The minimum absolute atomic E-state index is 0.0777. The Morgan fingerprint density at radius 2 is 2.17 bits per heavy atom. The molecule has 1 aromatic heterocycles. The van der Waals surface area contributed by atoms with Crippen molar-refractivity contribution in [2.45, 2.75) is 43.5 Å². The first-order valence-electron chi connectivity index (χ1n) is 6.38. The van der Waals surface area contributed by atoms with Crippen molar-refractivity contribution in [1.82, 2.24) is 10.3 Å². The van der Waals surface area contributed by atoms with Crippen LogP contribution in [0.5, 0.6) is 0 Å². The second kappa shape index (κ2) is 5.80. The monoisotopic (exact) mass is 268 g/mol. The maximum atomic E-state index is 11.8. The second-order valence-corrected chi connectivity index (χ2v) is 7.27. The third-order valence-corrected chi connectivity index (χ3v) is 5.21. The summed E-state index contributed by atoms with van der Waals surface area (Å²) in [6.07, 6.45) is 8.75. The van der Waals surface area contributed by atoms with E-state index in [0.717, 1.165) is 31.2 Å². The minimum atomic E-state index is -2.96. The predicted octanol–water partition coefficient (Wildman–Crippen LogP) is 1.53. The minimum Gasteiger partial charge on any atom is -0.309 e. The van der Waals surface area contributed by atoms with Crippen LogP contribution in [0.2, 0.25) is 0 Å². The van der Waals surface area contributed by atoms with Gasteiger partial charge in [-0.2, -0.15) is 0 Å². The summed E-state index contributed by atoms with van der Waals surface area (Å²) >= 11 is 0. The van der Waals surface area contributed by atoms with Gasteiger partial charge in [-0.25, -0.2) is 8.42 Å². The fourth-order valence-electron chi connectivity index (χ4n) is 2.59. The van der Waals surface area contributed by atoms with Crippen LogP contribution >= 0.6 is 0 Å². The van der Waals surface area contributed by atoms with Crippen molar-refractivity contribution in [3.63, 3.8) is 0 Å². The van der Waals surface area contributed by atoms with Gasteiger partial charge in [0, 0.05) is 31.2 Å². The highest BCUT2D eigenvalue weighted by atomic mass is 32.2. The third kappa shape index (κ3) is 3.53. The Hall–Kier alpha value is -0.940. The maximum absolute atomic E-state index is 11.8. The molecule has 18 heavy (non-hydrogen) atoms. The number of hydrogen-bond acceptors (Lipinski definition) is 4.